The maximum absolute atomic E-state index is 5.72. The predicted octanol–water partition coefficient (Wildman–Crippen LogP) is 0.945. The van der Waals surface area contributed by atoms with Crippen LogP contribution in [0.5, 0.6) is 0 Å². The highest BCUT2D eigenvalue weighted by Crippen LogP contribution is 2.24. The molecule has 1 atom stereocenters. The summed E-state index contributed by atoms with van der Waals surface area (Å²) in [6.45, 7) is 2.44. The van der Waals surface area contributed by atoms with Gasteiger partial charge in [0, 0.05) is 24.6 Å². The summed E-state index contributed by atoms with van der Waals surface area (Å²) in [5.41, 5.74) is 6.81. The van der Waals surface area contributed by atoms with E-state index in [2.05, 4.69) is 20.1 Å². The number of aromatic nitrogens is 3. The highest BCUT2D eigenvalue weighted by Gasteiger charge is 2.21. The van der Waals surface area contributed by atoms with Crippen molar-refractivity contribution >= 4 is 5.95 Å². The first kappa shape index (κ1) is 10.3. The molecule has 1 unspecified atom stereocenters. The van der Waals surface area contributed by atoms with Crippen molar-refractivity contribution in [2.45, 2.75) is 6.54 Å². The lowest BCUT2D eigenvalue weighted by Crippen LogP contribution is -2.32. The second kappa shape index (κ2) is 4.18. The van der Waals surface area contributed by atoms with Crippen molar-refractivity contribution in [3.63, 3.8) is 0 Å². The summed E-state index contributed by atoms with van der Waals surface area (Å²) in [6.07, 6.45) is 0. The molecule has 2 heterocycles. The Morgan fingerprint density at radius 2 is 2.12 bits per heavy atom. The Balaban J connectivity index is 2.00. The third-order valence-electron chi connectivity index (χ3n) is 3.11. The van der Waals surface area contributed by atoms with Crippen LogP contribution in [0.2, 0.25) is 0 Å². The summed E-state index contributed by atoms with van der Waals surface area (Å²) in [5.74, 6) is 2.20. The molecule has 0 amide bonds. The fourth-order valence-electron chi connectivity index (χ4n) is 2.12. The molecule has 1 aromatic heterocycles. The number of hydrogen-bond acceptors (Lipinski definition) is 4. The lowest BCUT2D eigenvalue weighted by Gasteiger charge is -2.24. The molecule has 5 heteroatoms. The van der Waals surface area contributed by atoms with Crippen LogP contribution >= 0.6 is 0 Å². The molecule has 3 N–H and O–H groups in total. The summed E-state index contributed by atoms with van der Waals surface area (Å²) in [4.78, 5) is 0. The minimum Gasteiger partial charge on any atom is -0.354 e. The van der Waals surface area contributed by atoms with Crippen molar-refractivity contribution < 1.29 is 0 Å². The topological polar surface area (TPSA) is 68.8 Å². The van der Waals surface area contributed by atoms with Crippen LogP contribution in [0.15, 0.2) is 30.3 Å². The van der Waals surface area contributed by atoms with Crippen molar-refractivity contribution in [1.29, 1.82) is 0 Å². The Bertz CT molecular complexity index is 505. The lowest BCUT2D eigenvalue weighted by molar-refractivity contribution is 0.452. The molecule has 0 fully saturated rings. The van der Waals surface area contributed by atoms with E-state index in [1.165, 1.54) is 0 Å². The van der Waals surface area contributed by atoms with Crippen LogP contribution in [0.1, 0.15) is 0 Å². The molecule has 17 heavy (non-hydrogen) atoms. The van der Waals surface area contributed by atoms with Gasteiger partial charge in [0.05, 0.1) is 0 Å². The molecule has 3 rings (SSSR count). The van der Waals surface area contributed by atoms with Crippen molar-refractivity contribution in [3.8, 4) is 11.4 Å². The Kier molecular flexibility index (Phi) is 2.53. The quantitative estimate of drug-likeness (QED) is 0.804. The average Bonchev–Trinajstić information content (AvgIpc) is 2.82. The van der Waals surface area contributed by atoms with E-state index >= 15 is 0 Å². The van der Waals surface area contributed by atoms with Crippen LogP contribution in [-0.4, -0.2) is 27.9 Å². The Morgan fingerprint density at radius 3 is 2.88 bits per heavy atom. The van der Waals surface area contributed by atoms with E-state index in [1.807, 2.05) is 30.3 Å². The Labute approximate surface area is 99.7 Å². The van der Waals surface area contributed by atoms with E-state index in [1.54, 1.807) is 0 Å². The minimum atomic E-state index is 0.445. The molecule has 0 bridgehead atoms. The van der Waals surface area contributed by atoms with E-state index in [9.17, 15) is 0 Å². The van der Waals surface area contributed by atoms with Crippen LogP contribution in [0, 0.1) is 5.92 Å². The molecule has 1 aliphatic heterocycles. The fourth-order valence-corrected chi connectivity index (χ4v) is 2.12. The Hall–Kier alpha value is -1.88. The second-order valence-corrected chi connectivity index (χ2v) is 4.31. The molecule has 0 saturated carbocycles. The highest BCUT2D eigenvalue weighted by atomic mass is 15.4. The van der Waals surface area contributed by atoms with Gasteiger partial charge in [0.1, 0.15) is 0 Å². The van der Waals surface area contributed by atoms with Gasteiger partial charge in [0.25, 0.3) is 0 Å². The number of anilines is 1. The fraction of sp³-hybridized carbons (Fsp3) is 0.333. The standard InChI is InChI=1S/C12H15N5/c13-6-9-7-14-12-16-15-11(17(12)8-9)10-4-2-1-3-5-10/h1-5,9H,6-8,13H2,(H,14,16). The SMILES string of the molecule is NCC1CNc2nnc(-c3ccccc3)n2C1. The van der Waals surface area contributed by atoms with Crippen LogP contribution in [0.4, 0.5) is 5.95 Å². The summed E-state index contributed by atoms with van der Waals surface area (Å²) in [5, 5.41) is 11.7. The number of benzene rings is 1. The maximum atomic E-state index is 5.72. The number of fused-ring (bicyclic) bond motifs is 1. The van der Waals surface area contributed by atoms with Crippen LogP contribution < -0.4 is 11.1 Å². The Morgan fingerprint density at radius 1 is 1.29 bits per heavy atom. The van der Waals surface area contributed by atoms with Gasteiger partial charge in [-0.15, -0.1) is 10.2 Å². The summed E-state index contributed by atoms with van der Waals surface area (Å²) in [7, 11) is 0. The second-order valence-electron chi connectivity index (χ2n) is 4.31. The lowest BCUT2D eigenvalue weighted by atomic mass is 10.1. The number of nitrogens with zero attached hydrogens (tertiary/aromatic N) is 3. The van der Waals surface area contributed by atoms with Crippen molar-refractivity contribution in [2.24, 2.45) is 11.7 Å². The first-order chi connectivity index (χ1) is 8.38. The van der Waals surface area contributed by atoms with Gasteiger partial charge in [-0.05, 0) is 6.54 Å². The van der Waals surface area contributed by atoms with E-state index < -0.39 is 0 Å². The monoisotopic (exact) mass is 229 g/mol. The van der Waals surface area contributed by atoms with Gasteiger partial charge in [0.2, 0.25) is 5.95 Å². The largest absolute Gasteiger partial charge is 0.354 e. The van der Waals surface area contributed by atoms with Crippen molar-refractivity contribution in [3.05, 3.63) is 30.3 Å². The third-order valence-corrected chi connectivity index (χ3v) is 3.11. The van der Waals surface area contributed by atoms with Gasteiger partial charge >= 0.3 is 0 Å². The molecule has 0 aliphatic carbocycles. The van der Waals surface area contributed by atoms with Crippen molar-refractivity contribution in [1.82, 2.24) is 14.8 Å². The molecule has 0 spiro atoms. The number of nitrogens with one attached hydrogen (secondary N) is 1. The van der Waals surface area contributed by atoms with E-state index in [0.29, 0.717) is 12.5 Å². The molecule has 0 saturated heterocycles. The number of hydrogen-bond donors (Lipinski definition) is 2. The molecule has 1 aromatic carbocycles. The molecule has 88 valence electrons. The van der Waals surface area contributed by atoms with Crippen LogP contribution in [-0.2, 0) is 6.54 Å². The van der Waals surface area contributed by atoms with Gasteiger partial charge < -0.3 is 11.1 Å². The average molecular weight is 229 g/mol. The van der Waals surface area contributed by atoms with Gasteiger partial charge in [-0.3, -0.25) is 4.57 Å². The molecular formula is C12H15N5. The molecule has 1 aliphatic rings. The highest BCUT2D eigenvalue weighted by molar-refractivity contribution is 5.57. The van der Waals surface area contributed by atoms with Gasteiger partial charge in [-0.25, -0.2) is 0 Å². The van der Waals surface area contributed by atoms with Crippen LogP contribution in [0.25, 0.3) is 11.4 Å². The van der Waals surface area contributed by atoms with Crippen molar-refractivity contribution in [2.75, 3.05) is 18.4 Å². The maximum Gasteiger partial charge on any atom is 0.224 e. The van der Waals surface area contributed by atoms with E-state index in [4.69, 9.17) is 5.73 Å². The van der Waals surface area contributed by atoms with Gasteiger partial charge in [-0.1, -0.05) is 30.3 Å². The van der Waals surface area contributed by atoms with E-state index in [0.717, 1.165) is 30.4 Å². The van der Waals surface area contributed by atoms with Gasteiger partial charge in [-0.2, -0.15) is 0 Å². The first-order valence-corrected chi connectivity index (χ1v) is 5.81. The number of nitrogens with two attached hydrogens (primary N) is 1. The molecule has 2 aromatic rings. The summed E-state index contributed by atoms with van der Waals surface area (Å²) < 4.78 is 2.11. The smallest absolute Gasteiger partial charge is 0.224 e. The molecule has 0 radical (unpaired) electrons. The zero-order chi connectivity index (χ0) is 11.7. The zero-order valence-electron chi connectivity index (χ0n) is 9.50. The molecular weight excluding hydrogens is 214 g/mol. The molecule has 5 nitrogen and oxygen atoms in total. The minimum absolute atomic E-state index is 0.445. The van der Waals surface area contributed by atoms with Gasteiger partial charge in [0.15, 0.2) is 5.82 Å². The normalized spacial score (nSPS) is 18.5. The summed E-state index contributed by atoms with van der Waals surface area (Å²) >= 11 is 0. The first-order valence-electron chi connectivity index (χ1n) is 5.81. The summed E-state index contributed by atoms with van der Waals surface area (Å²) in [6, 6.07) is 10.1. The predicted molar refractivity (Wildman–Crippen MR) is 66.5 cm³/mol. The zero-order valence-corrected chi connectivity index (χ0v) is 9.50. The van der Waals surface area contributed by atoms with Crippen LogP contribution in [0.3, 0.4) is 0 Å². The third kappa shape index (κ3) is 1.78. The van der Waals surface area contributed by atoms with E-state index in [-0.39, 0.29) is 0 Å². The number of rotatable bonds is 2.